The summed E-state index contributed by atoms with van der Waals surface area (Å²) in [7, 11) is 0. The molecule has 1 aliphatic heterocycles. The number of aliphatic hydroxyl groups excluding tert-OH is 1. The number of hydrogen-bond acceptors (Lipinski definition) is 3. The monoisotopic (exact) mass is 224 g/mol. The van der Waals surface area contributed by atoms with Crippen molar-refractivity contribution in [2.45, 2.75) is 19.6 Å². The molecule has 0 saturated carbocycles. The van der Waals surface area contributed by atoms with Gasteiger partial charge < -0.3 is 5.11 Å². The fourth-order valence-electron chi connectivity index (χ4n) is 1.59. The second kappa shape index (κ2) is 4.23. The molecule has 1 atom stereocenters. The molecule has 0 aromatic heterocycles. The summed E-state index contributed by atoms with van der Waals surface area (Å²) in [6, 6.07) is 5.79. The van der Waals surface area contributed by atoms with E-state index in [0.717, 1.165) is 11.3 Å². The van der Waals surface area contributed by atoms with Crippen molar-refractivity contribution in [3.8, 4) is 0 Å². The molecule has 2 N–H and O–H groups in total. The molecular formula is C11H13ClN2O. The standard InChI is InChI=1S/C11H13ClN2O/c1-8-4-5-14(13-8)11-3-2-10(12)6-9(11)7-15/h2-6,8,13,15H,7H2,1H3. The largest absolute Gasteiger partial charge is 0.392 e. The minimum Gasteiger partial charge on any atom is -0.392 e. The molecule has 0 saturated heterocycles. The van der Waals surface area contributed by atoms with E-state index in [1.807, 2.05) is 23.3 Å². The molecule has 0 spiro atoms. The molecule has 0 fully saturated rings. The summed E-state index contributed by atoms with van der Waals surface area (Å²) in [5.41, 5.74) is 4.98. The molecule has 1 aliphatic rings. The van der Waals surface area contributed by atoms with Crippen LogP contribution in [0.2, 0.25) is 5.02 Å². The van der Waals surface area contributed by atoms with Crippen LogP contribution in [0.1, 0.15) is 12.5 Å². The van der Waals surface area contributed by atoms with Crippen LogP contribution in [-0.2, 0) is 6.61 Å². The summed E-state index contributed by atoms with van der Waals surface area (Å²) in [5.74, 6) is 0. The lowest BCUT2D eigenvalue weighted by Gasteiger charge is -2.20. The number of halogens is 1. The number of rotatable bonds is 2. The van der Waals surface area contributed by atoms with Gasteiger partial charge in [-0.3, -0.25) is 5.01 Å². The van der Waals surface area contributed by atoms with Gasteiger partial charge in [-0.2, -0.15) is 0 Å². The second-order valence-corrected chi connectivity index (χ2v) is 4.00. The fraction of sp³-hybridized carbons (Fsp3) is 0.273. The van der Waals surface area contributed by atoms with Gasteiger partial charge in [-0.05, 0) is 31.2 Å². The molecule has 1 aromatic rings. The van der Waals surface area contributed by atoms with Crippen molar-refractivity contribution in [3.05, 3.63) is 41.1 Å². The summed E-state index contributed by atoms with van der Waals surface area (Å²) in [6.45, 7) is 2.04. The van der Waals surface area contributed by atoms with Crippen molar-refractivity contribution in [3.63, 3.8) is 0 Å². The highest BCUT2D eigenvalue weighted by molar-refractivity contribution is 6.30. The summed E-state index contributed by atoms with van der Waals surface area (Å²) < 4.78 is 0. The average Bonchev–Trinajstić information content (AvgIpc) is 2.64. The Kier molecular flexibility index (Phi) is 2.95. The first-order valence-electron chi connectivity index (χ1n) is 4.83. The lowest BCUT2D eigenvalue weighted by atomic mass is 10.2. The quantitative estimate of drug-likeness (QED) is 0.807. The van der Waals surface area contributed by atoms with Gasteiger partial charge in [-0.1, -0.05) is 11.6 Å². The van der Waals surface area contributed by atoms with E-state index in [2.05, 4.69) is 18.4 Å². The van der Waals surface area contributed by atoms with Crippen molar-refractivity contribution in [1.29, 1.82) is 0 Å². The van der Waals surface area contributed by atoms with E-state index in [-0.39, 0.29) is 6.61 Å². The summed E-state index contributed by atoms with van der Waals surface area (Å²) in [4.78, 5) is 0. The van der Waals surface area contributed by atoms with Crippen LogP contribution in [0.4, 0.5) is 5.69 Å². The Morgan fingerprint density at radius 2 is 2.33 bits per heavy atom. The molecule has 0 bridgehead atoms. The highest BCUT2D eigenvalue weighted by atomic mass is 35.5. The molecule has 0 aliphatic carbocycles. The normalized spacial score (nSPS) is 19.9. The fourth-order valence-corrected chi connectivity index (χ4v) is 1.78. The molecule has 1 heterocycles. The number of nitrogens with zero attached hydrogens (tertiary/aromatic N) is 1. The molecule has 0 radical (unpaired) electrons. The smallest absolute Gasteiger partial charge is 0.0703 e. The molecule has 80 valence electrons. The van der Waals surface area contributed by atoms with Crippen molar-refractivity contribution >= 4 is 17.3 Å². The first-order chi connectivity index (χ1) is 7.20. The molecular weight excluding hydrogens is 212 g/mol. The zero-order valence-corrected chi connectivity index (χ0v) is 9.20. The topological polar surface area (TPSA) is 35.5 Å². The maximum absolute atomic E-state index is 9.23. The van der Waals surface area contributed by atoms with E-state index in [0.29, 0.717) is 11.1 Å². The van der Waals surface area contributed by atoms with E-state index < -0.39 is 0 Å². The number of hydrogen-bond donors (Lipinski definition) is 2. The van der Waals surface area contributed by atoms with Gasteiger partial charge >= 0.3 is 0 Å². The maximum Gasteiger partial charge on any atom is 0.0703 e. The zero-order valence-electron chi connectivity index (χ0n) is 8.44. The SMILES string of the molecule is CC1C=CN(c2ccc(Cl)cc2CO)N1. The van der Waals surface area contributed by atoms with E-state index in [4.69, 9.17) is 11.6 Å². The Bertz CT molecular complexity index is 392. The Balaban J connectivity index is 2.32. The van der Waals surface area contributed by atoms with Crippen LogP contribution >= 0.6 is 11.6 Å². The number of aliphatic hydroxyl groups is 1. The minimum absolute atomic E-state index is 0.0176. The van der Waals surface area contributed by atoms with Crippen LogP contribution in [0.25, 0.3) is 0 Å². The van der Waals surface area contributed by atoms with Crippen LogP contribution in [-0.4, -0.2) is 11.1 Å². The summed E-state index contributed by atoms with van der Waals surface area (Å²) in [5, 5.41) is 11.8. The Morgan fingerprint density at radius 1 is 1.53 bits per heavy atom. The molecule has 3 nitrogen and oxygen atoms in total. The maximum atomic E-state index is 9.23. The third-order valence-electron chi connectivity index (χ3n) is 2.34. The lowest BCUT2D eigenvalue weighted by Crippen LogP contribution is -2.34. The summed E-state index contributed by atoms with van der Waals surface area (Å²) >= 11 is 5.86. The number of hydrazine groups is 1. The van der Waals surface area contributed by atoms with Gasteiger partial charge in [-0.15, -0.1) is 0 Å². The third-order valence-corrected chi connectivity index (χ3v) is 2.57. The molecule has 1 aromatic carbocycles. The van der Waals surface area contributed by atoms with E-state index >= 15 is 0 Å². The highest BCUT2D eigenvalue weighted by Gasteiger charge is 2.14. The first-order valence-corrected chi connectivity index (χ1v) is 5.21. The van der Waals surface area contributed by atoms with Crippen LogP contribution < -0.4 is 10.4 Å². The lowest BCUT2D eigenvalue weighted by molar-refractivity contribution is 0.282. The minimum atomic E-state index is -0.0176. The van der Waals surface area contributed by atoms with Crippen LogP contribution in [0.3, 0.4) is 0 Å². The first kappa shape index (κ1) is 10.5. The number of nitrogens with one attached hydrogen (secondary N) is 1. The average molecular weight is 225 g/mol. The van der Waals surface area contributed by atoms with Gasteiger partial charge in [0.05, 0.1) is 12.3 Å². The molecule has 0 amide bonds. The van der Waals surface area contributed by atoms with E-state index in [1.165, 1.54) is 0 Å². The zero-order chi connectivity index (χ0) is 10.8. The Labute approximate surface area is 93.9 Å². The molecule has 2 rings (SSSR count). The van der Waals surface area contributed by atoms with Crippen molar-refractivity contribution in [2.75, 3.05) is 5.01 Å². The van der Waals surface area contributed by atoms with Crippen LogP contribution in [0, 0.1) is 0 Å². The predicted molar refractivity (Wildman–Crippen MR) is 61.6 cm³/mol. The van der Waals surface area contributed by atoms with E-state index in [9.17, 15) is 5.11 Å². The van der Waals surface area contributed by atoms with Gasteiger partial charge in [0.2, 0.25) is 0 Å². The van der Waals surface area contributed by atoms with Crippen LogP contribution in [0.15, 0.2) is 30.5 Å². The highest BCUT2D eigenvalue weighted by Crippen LogP contribution is 2.25. The number of benzene rings is 1. The molecule has 1 unspecified atom stereocenters. The van der Waals surface area contributed by atoms with Gasteiger partial charge in [0.15, 0.2) is 0 Å². The Hall–Kier alpha value is -1.03. The predicted octanol–water partition coefficient (Wildman–Crippen LogP) is 2.06. The van der Waals surface area contributed by atoms with Crippen LogP contribution in [0.5, 0.6) is 0 Å². The van der Waals surface area contributed by atoms with Crippen molar-refractivity contribution < 1.29 is 5.11 Å². The summed E-state index contributed by atoms with van der Waals surface area (Å²) in [6.07, 6.45) is 4.00. The Morgan fingerprint density at radius 3 is 2.93 bits per heavy atom. The van der Waals surface area contributed by atoms with Gasteiger partial charge in [0.25, 0.3) is 0 Å². The van der Waals surface area contributed by atoms with E-state index in [1.54, 1.807) is 6.07 Å². The molecule has 4 heteroatoms. The van der Waals surface area contributed by atoms with Gasteiger partial charge in [0, 0.05) is 22.8 Å². The van der Waals surface area contributed by atoms with Gasteiger partial charge in [-0.25, -0.2) is 5.43 Å². The molecule has 15 heavy (non-hydrogen) atoms. The van der Waals surface area contributed by atoms with Crippen molar-refractivity contribution in [2.24, 2.45) is 0 Å². The third kappa shape index (κ3) is 2.15. The van der Waals surface area contributed by atoms with Gasteiger partial charge in [0.1, 0.15) is 0 Å². The van der Waals surface area contributed by atoms with Crippen molar-refractivity contribution in [1.82, 2.24) is 5.43 Å². The second-order valence-electron chi connectivity index (χ2n) is 3.56. The number of anilines is 1.